The molecular weight excluding hydrogens is 313 g/mol. The van der Waals surface area contributed by atoms with Crippen LogP contribution < -0.4 is 10.5 Å². The van der Waals surface area contributed by atoms with Crippen molar-refractivity contribution in [2.45, 2.75) is 6.04 Å². The Morgan fingerprint density at radius 3 is 2.44 bits per heavy atom. The lowest BCUT2D eigenvalue weighted by molar-refractivity contribution is 0.415. The van der Waals surface area contributed by atoms with E-state index in [0.29, 0.717) is 19.4 Å². The monoisotopic (exact) mass is 321 g/mol. The summed E-state index contributed by atoms with van der Waals surface area (Å²) in [6.45, 7) is 0. The highest BCUT2D eigenvalue weighted by molar-refractivity contribution is 7.20. The fraction of sp³-hybridized carbons (Fsp3) is 0.167. The van der Waals surface area contributed by atoms with Gasteiger partial charge in [-0.25, -0.2) is 0 Å². The number of thiophene rings is 1. The molecular formula is C12H10Cl3NOS. The van der Waals surface area contributed by atoms with Gasteiger partial charge in [-0.3, -0.25) is 0 Å². The minimum absolute atomic E-state index is 0.357. The Morgan fingerprint density at radius 2 is 1.94 bits per heavy atom. The number of hydrogen-bond donors (Lipinski definition) is 1. The number of halogens is 3. The first-order valence-electron chi connectivity index (χ1n) is 5.06. The minimum atomic E-state index is -0.357. The molecule has 0 aliphatic carbocycles. The molecule has 0 saturated heterocycles. The molecule has 0 aliphatic heterocycles. The molecule has 18 heavy (non-hydrogen) atoms. The van der Waals surface area contributed by atoms with Crippen LogP contribution in [-0.4, -0.2) is 7.11 Å². The van der Waals surface area contributed by atoms with Gasteiger partial charge in [0.2, 0.25) is 0 Å². The van der Waals surface area contributed by atoms with E-state index in [4.69, 9.17) is 45.3 Å². The van der Waals surface area contributed by atoms with E-state index in [0.717, 1.165) is 11.1 Å². The lowest BCUT2D eigenvalue weighted by Gasteiger charge is -2.13. The van der Waals surface area contributed by atoms with Gasteiger partial charge >= 0.3 is 0 Å². The van der Waals surface area contributed by atoms with Crippen LogP contribution in [0.25, 0.3) is 0 Å². The number of nitrogens with two attached hydrogens (primary N) is 1. The predicted octanol–water partition coefficient (Wildman–Crippen LogP) is 4.77. The molecule has 6 heteroatoms. The lowest BCUT2D eigenvalue weighted by Crippen LogP contribution is -2.11. The molecule has 0 radical (unpaired) electrons. The fourth-order valence-corrected chi connectivity index (χ4v) is 3.44. The number of methoxy groups -OCH3 is 1. The quantitative estimate of drug-likeness (QED) is 0.884. The van der Waals surface area contributed by atoms with Crippen LogP contribution >= 0.6 is 46.1 Å². The second kappa shape index (κ2) is 5.68. The molecule has 2 nitrogen and oxygen atoms in total. The van der Waals surface area contributed by atoms with Crippen LogP contribution in [0.5, 0.6) is 5.75 Å². The van der Waals surface area contributed by atoms with Crippen LogP contribution in [0.3, 0.4) is 0 Å². The van der Waals surface area contributed by atoms with Crippen molar-refractivity contribution >= 4 is 46.1 Å². The van der Waals surface area contributed by atoms with Gasteiger partial charge in [0, 0.05) is 5.56 Å². The largest absolute Gasteiger partial charge is 0.495 e. The predicted molar refractivity (Wildman–Crippen MR) is 78.4 cm³/mol. The van der Waals surface area contributed by atoms with E-state index in [9.17, 15) is 0 Å². The zero-order valence-corrected chi connectivity index (χ0v) is 12.5. The Labute approximate surface area is 124 Å². The molecule has 0 amide bonds. The van der Waals surface area contributed by atoms with Crippen molar-refractivity contribution in [2.24, 2.45) is 5.73 Å². The second-order valence-corrected chi connectivity index (χ2v) is 6.34. The second-order valence-electron chi connectivity index (χ2n) is 3.65. The van der Waals surface area contributed by atoms with Crippen molar-refractivity contribution in [2.75, 3.05) is 7.11 Å². The van der Waals surface area contributed by atoms with Gasteiger partial charge in [0.15, 0.2) is 0 Å². The summed E-state index contributed by atoms with van der Waals surface area (Å²) in [5.41, 5.74) is 7.81. The first-order valence-corrected chi connectivity index (χ1v) is 7.01. The van der Waals surface area contributed by atoms with Gasteiger partial charge in [-0.05, 0) is 23.8 Å². The van der Waals surface area contributed by atoms with Crippen LogP contribution in [0.4, 0.5) is 0 Å². The molecule has 2 aromatic rings. The van der Waals surface area contributed by atoms with E-state index in [1.54, 1.807) is 25.3 Å². The summed E-state index contributed by atoms with van der Waals surface area (Å²) in [5.74, 6) is 0.613. The molecule has 0 fully saturated rings. The summed E-state index contributed by atoms with van der Waals surface area (Å²) in [7, 11) is 1.57. The summed E-state index contributed by atoms with van der Waals surface area (Å²) in [6, 6.07) is 6.82. The highest BCUT2D eigenvalue weighted by atomic mass is 35.5. The molecule has 2 N–H and O–H groups in total. The maximum absolute atomic E-state index is 6.16. The first kappa shape index (κ1) is 14.0. The Hall–Kier alpha value is -0.450. The van der Waals surface area contributed by atoms with Crippen LogP contribution in [0.1, 0.15) is 17.2 Å². The lowest BCUT2D eigenvalue weighted by atomic mass is 10.0. The van der Waals surface area contributed by atoms with Gasteiger partial charge in [-0.15, -0.1) is 11.3 Å². The highest BCUT2D eigenvalue weighted by Gasteiger charge is 2.16. The summed E-state index contributed by atoms with van der Waals surface area (Å²) >= 11 is 19.4. The minimum Gasteiger partial charge on any atom is -0.495 e. The van der Waals surface area contributed by atoms with Crippen molar-refractivity contribution in [1.29, 1.82) is 0 Å². The van der Waals surface area contributed by atoms with Crippen LogP contribution in [0.15, 0.2) is 24.3 Å². The van der Waals surface area contributed by atoms with Gasteiger partial charge in [-0.2, -0.15) is 0 Å². The SMILES string of the molecule is COc1ccc(C(N)c2cc(Cl)sc2Cl)cc1Cl. The van der Waals surface area contributed by atoms with Gasteiger partial charge in [0.1, 0.15) is 5.75 Å². The van der Waals surface area contributed by atoms with E-state index >= 15 is 0 Å². The molecule has 0 spiro atoms. The van der Waals surface area contributed by atoms with E-state index in [2.05, 4.69) is 0 Å². The third kappa shape index (κ3) is 2.76. The van der Waals surface area contributed by atoms with E-state index in [1.807, 2.05) is 6.07 Å². The van der Waals surface area contributed by atoms with Gasteiger partial charge in [0.05, 0.1) is 26.8 Å². The smallest absolute Gasteiger partial charge is 0.137 e. The van der Waals surface area contributed by atoms with Crippen molar-refractivity contribution in [3.8, 4) is 5.75 Å². The van der Waals surface area contributed by atoms with E-state index in [-0.39, 0.29) is 6.04 Å². The van der Waals surface area contributed by atoms with Crippen LogP contribution in [-0.2, 0) is 0 Å². The molecule has 96 valence electrons. The van der Waals surface area contributed by atoms with Crippen LogP contribution in [0, 0.1) is 0 Å². The normalized spacial score (nSPS) is 12.5. The molecule has 1 atom stereocenters. The summed E-state index contributed by atoms with van der Waals surface area (Å²) < 4.78 is 6.31. The molecule has 1 aromatic heterocycles. The number of ether oxygens (including phenoxy) is 1. The standard InChI is InChI=1S/C12H10Cl3NOS/c1-17-9-3-2-6(4-8(9)13)11(16)7-5-10(14)18-12(7)15/h2-5,11H,16H2,1H3. The fourth-order valence-electron chi connectivity index (χ4n) is 1.62. The Morgan fingerprint density at radius 1 is 1.22 bits per heavy atom. The molecule has 0 saturated carbocycles. The zero-order chi connectivity index (χ0) is 13.3. The summed E-state index contributed by atoms with van der Waals surface area (Å²) in [4.78, 5) is 0. The van der Waals surface area contributed by atoms with Crippen LogP contribution in [0.2, 0.25) is 13.7 Å². The van der Waals surface area contributed by atoms with Gasteiger partial charge in [-0.1, -0.05) is 40.9 Å². The average Bonchev–Trinajstić information content (AvgIpc) is 2.67. The van der Waals surface area contributed by atoms with Crippen molar-refractivity contribution in [3.63, 3.8) is 0 Å². The molecule has 0 bridgehead atoms. The topological polar surface area (TPSA) is 35.2 Å². The van der Waals surface area contributed by atoms with Crippen molar-refractivity contribution < 1.29 is 4.74 Å². The van der Waals surface area contributed by atoms with Crippen molar-refractivity contribution in [1.82, 2.24) is 0 Å². The Balaban J connectivity index is 2.37. The van der Waals surface area contributed by atoms with E-state index < -0.39 is 0 Å². The average molecular weight is 323 g/mol. The van der Waals surface area contributed by atoms with Gasteiger partial charge in [0.25, 0.3) is 0 Å². The van der Waals surface area contributed by atoms with Crippen molar-refractivity contribution in [3.05, 3.63) is 49.1 Å². The maximum atomic E-state index is 6.16. The summed E-state index contributed by atoms with van der Waals surface area (Å²) in [5, 5.41) is 0.517. The van der Waals surface area contributed by atoms with E-state index in [1.165, 1.54) is 11.3 Å². The molecule has 2 rings (SSSR count). The number of benzene rings is 1. The third-order valence-corrected chi connectivity index (χ3v) is 4.37. The Bertz CT molecular complexity index is 570. The zero-order valence-electron chi connectivity index (χ0n) is 9.41. The highest BCUT2D eigenvalue weighted by Crippen LogP contribution is 2.37. The Kier molecular flexibility index (Phi) is 4.41. The molecule has 0 aliphatic rings. The summed E-state index contributed by atoms with van der Waals surface area (Å²) in [6.07, 6.45) is 0. The third-order valence-electron chi connectivity index (χ3n) is 2.55. The molecule has 1 unspecified atom stereocenters. The molecule has 1 heterocycles. The van der Waals surface area contributed by atoms with Gasteiger partial charge < -0.3 is 10.5 Å². The maximum Gasteiger partial charge on any atom is 0.137 e. The number of hydrogen-bond acceptors (Lipinski definition) is 3. The first-order chi connectivity index (χ1) is 8.52. The number of rotatable bonds is 3. The molecule has 1 aromatic carbocycles.